The van der Waals surface area contributed by atoms with Crippen LogP contribution in [0.3, 0.4) is 0 Å². The maximum absolute atomic E-state index is 13.0. The third kappa shape index (κ3) is 4.90. The zero-order valence-electron chi connectivity index (χ0n) is 15.9. The third-order valence-electron chi connectivity index (χ3n) is 4.81. The van der Waals surface area contributed by atoms with Crippen molar-refractivity contribution in [3.8, 4) is 0 Å². The Morgan fingerprint density at radius 2 is 1.69 bits per heavy atom. The summed E-state index contributed by atoms with van der Waals surface area (Å²) < 4.78 is 31.1. The van der Waals surface area contributed by atoms with Gasteiger partial charge in [0.25, 0.3) is 10.1 Å². The molecular formula is C21H22N2O5S. The number of amides is 2. The maximum atomic E-state index is 13.0. The molecule has 0 aromatic heterocycles. The topological polar surface area (TPSA) is 104 Å². The number of rotatable bonds is 5. The van der Waals surface area contributed by atoms with Crippen molar-refractivity contribution in [2.24, 2.45) is 0 Å². The molecule has 2 aromatic rings. The highest BCUT2D eigenvalue weighted by atomic mass is 32.2. The molecule has 0 spiro atoms. The fourth-order valence-electron chi connectivity index (χ4n) is 3.08. The Morgan fingerprint density at radius 3 is 2.41 bits per heavy atom. The van der Waals surface area contributed by atoms with Gasteiger partial charge in [0.2, 0.25) is 11.8 Å². The Labute approximate surface area is 169 Å². The zero-order chi connectivity index (χ0) is 21.0. The second-order valence-electron chi connectivity index (χ2n) is 6.77. The monoisotopic (exact) mass is 414 g/mol. The number of anilines is 1. The minimum Gasteiger partial charge on any atom is -0.354 e. The molecule has 0 fully saturated rings. The van der Waals surface area contributed by atoms with Crippen molar-refractivity contribution in [1.29, 1.82) is 0 Å². The quantitative estimate of drug-likeness (QED) is 0.732. The fourth-order valence-corrected chi connectivity index (χ4v) is 3.43. The first-order chi connectivity index (χ1) is 13.8. The van der Waals surface area contributed by atoms with E-state index < -0.39 is 21.3 Å². The average Bonchev–Trinajstić information content (AvgIpc) is 2.68. The summed E-state index contributed by atoms with van der Waals surface area (Å²) in [6, 6.07) is 15.4. The van der Waals surface area contributed by atoms with Gasteiger partial charge in [-0.3, -0.25) is 14.1 Å². The molecule has 0 saturated carbocycles. The van der Waals surface area contributed by atoms with Crippen LogP contribution in [0.15, 0.2) is 48.5 Å². The van der Waals surface area contributed by atoms with Gasteiger partial charge >= 0.3 is 0 Å². The van der Waals surface area contributed by atoms with E-state index in [2.05, 4.69) is 5.32 Å². The molecule has 152 valence electrons. The van der Waals surface area contributed by atoms with E-state index in [1.54, 1.807) is 4.90 Å². The van der Waals surface area contributed by atoms with Crippen molar-refractivity contribution in [2.75, 3.05) is 11.4 Å². The molecule has 8 heteroatoms. The summed E-state index contributed by atoms with van der Waals surface area (Å²) in [4.78, 5) is 26.5. The van der Waals surface area contributed by atoms with Gasteiger partial charge in [-0.05, 0) is 29.7 Å². The fraction of sp³-hybridized carbons (Fsp3) is 0.238. The van der Waals surface area contributed by atoms with Crippen molar-refractivity contribution >= 4 is 39.8 Å². The first kappa shape index (κ1) is 20.8. The van der Waals surface area contributed by atoms with Crippen LogP contribution < -0.4 is 10.2 Å². The Kier molecular flexibility index (Phi) is 6.14. The van der Waals surface area contributed by atoms with Gasteiger partial charge in [0.05, 0.1) is 12.2 Å². The summed E-state index contributed by atoms with van der Waals surface area (Å²) in [5.41, 5.74) is 3.69. The molecule has 1 aliphatic rings. The van der Waals surface area contributed by atoms with Crippen molar-refractivity contribution < 1.29 is 22.6 Å². The molecule has 29 heavy (non-hydrogen) atoms. The Balaban J connectivity index is 1.77. The van der Waals surface area contributed by atoms with Gasteiger partial charge in [0.15, 0.2) is 5.25 Å². The molecule has 0 saturated heterocycles. The summed E-state index contributed by atoms with van der Waals surface area (Å²) in [6.45, 7) is 1.43. The first-order valence-corrected chi connectivity index (χ1v) is 10.7. The molecule has 2 N–H and O–H groups in total. The Bertz CT molecular complexity index is 1060. The normalized spacial score (nSPS) is 15.3. The lowest BCUT2D eigenvalue weighted by atomic mass is 10.0. The minimum atomic E-state index is -4.47. The van der Waals surface area contributed by atoms with Gasteiger partial charge in [-0.2, -0.15) is 8.42 Å². The second-order valence-corrected chi connectivity index (χ2v) is 8.51. The lowest BCUT2D eigenvalue weighted by Gasteiger charge is -2.27. The molecular weight excluding hydrogens is 392 g/mol. The largest absolute Gasteiger partial charge is 0.354 e. The van der Waals surface area contributed by atoms with E-state index in [1.807, 2.05) is 60.7 Å². The van der Waals surface area contributed by atoms with Crippen molar-refractivity contribution in [3.05, 3.63) is 65.2 Å². The molecule has 1 atom stereocenters. The number of nitrogens with zero attached hydrogens (tertiary/aromatic N) is 1. The van der Waals surface area contributed by atoms with Gasteiger partial charge in [-0.25, -0.2) is 0 Å². The third-order valence-corrected chi connectivity index (χ3v) is 5.92. The Morgan fingerprint density at radius 1 is 1.07 bits per heavy atom. The highest BCUT2D eigenvalue weighted by Gasteiger charge is 2.26. The van der Waals surface area contributed by atoms with Crippen LogP contribution in [0.1, 0.15) is 30.0 Å². The molecule has 7 nitrogen and oxygen atoms in total. The number of hydrogen-bond acceptors (Lipinski definition) is 4. The molecule has 1 unspecified atom stereocenters. The molecule has 0 aliphatic carbocycles. The lowest BCUT2D eigenvalue weighted by molar-refractivity contribution is -0.121. The van der Waals surface area contributed by atoms with Crippen LogP contribution in [0, 0.1) is 0 Å². The van der Waals surface area contributed by atoms with E-state index in [1.165, 1.54) is 0 Å². The minimum absolute atomic E-state index is 0.00977. The number of nitrogens with one attached hydrogen (secondary N) is 1. The predicted octanol–water partition coefficient (Wildman–Crippen LogP) is 2.49. The van der Waals surface area contributed by atoms with Gasteiger partial charge in [-0.15, -0.1) is 0 Å². The summed E-state index contributed by atoms with van der Waals surface area (Å²) in [7, 11) is -4.47. The number of para-hydroxylation sites is 1. The summed E-state index contributed by atoms with van der Waals surface area (Å²) in [6.07, 6.45) is 3.97. The van der Waals surface area contributed by atoms with Crippen LogP contribution in [-0.4, -0.2) is 36.6 Å². The predicted molar refractivity (Wildman–Crippen MR) is 112 cm³/mol. The molecule has 1 aliphatic heterocycles. The summed E-state index contributed by atoms with van der Waals surface area (Å²) in [5.74, 6) is -1.05. The van der Waals surface area contributed by atoms with Gasteiger partial charge in [-0.1, -0.05) is 54.6 Å². The van der Waals surface area contributed by atoms with Gasteiger partial charge in [0.1, 0.15) is 0 Å². The van der Waals surface area contributed by atoms with Crippen LogP contribution in [0.4, 0.5) is 5.69 Å². The van der Waals surface area contributed by atoms with Crippen LogP contribution in [0.2, 0.25) is 0 Å². The van der Waals surface area contributed by atoms with E-state index in [0.29, 0.717) is 6.54 Å². The summed E-state index contributed by atoms with van der Waals surface area (Å²) >= 11 is 0. The molecule has 3 rings (SSSR count). The molecule has 2 aromatic carbocycles. The number of fused-ring (bicyclic) bond motifs is 2. The molecule has 2 amide bonds. The Hall–Kier alpha value is -2.97. The molecule has 0 bridgehead atoms. The van der Waals surface area contributed by atoms with Crippen molar-refractivity contribution in [3.63, 3.8) is 0 Å². The van der Waals surface area contributed by atoms with Crippen LogP contribution in [0.5, 0.6) is 0 Å². The second kappa shape index (κ2) is 8.59. The number of hydrogen-bond donors (Lipinski definition) is 2. The van der Waals surface area contributed by atoms with Gasteiger partial charge in [0, 0.05) is 13.0 Å². The van der Waals surface area contributed by atoms with Crippen molar-refractivity contribution in [2.45, 2.75) is 25.1 Å². The average molecular weight is 414 g/mol. The zero-order valence-corrected chi connectivity index (χ0v) is 16.7. The summed E-state index contributed by atoms with van der Waals surface area (Å²) in [5, 5.41) is 0.804. The first-order valence-electron chi connectivity index (χ1n) is 9.17. The SMILES string of the molecule is CC(C(=O)NCCC(=O)N1Cc2ccccc2/C=C\c2ccccc21)S(=O)(=O)O. The standard InChI is InChI=1S/C21H22N2O5S/c1-15(29(26,27)28)21(25)22-13-12-20(24)23-14-18-8-3-2-6-16(18)10-11-17-7-4-5-9-19(17)23/h2-11,15H,12-14H2,1H3,(H,22,25)(H,26,27,28)/b11-10-. The van der Waals surface area contributed by atoms with E-state index in [4.69, 9.17) is 4.55 Å². The van der Waals surface area contributed by atoms with E-state index in [-0.39, 0.29) is 18.9 Å². The van der Waals surface area contributed by atoms with Crippen molar-refractivity contribution in [1.82, 2.24) is 5.32 Å². The van der Waals surface area contributed by atoms with Crippen LogP contribution in [0.25, 0.3) is 12.2 Å². The molecule has 1 heterocycles. The highest BCUT2D eigenvalue weighted by molar-refractivity contribution is 7.87. The number of carbonyl (C=O) groups excluding carboxylic acids is 2. The van der Waals surface area contributed by atoms with E-state index in [0.717, 1.165) is 29.3 Å². The van der Waals surface area contributed by atoms with Crippen LogP contribution >= 0.6 is 0 Å². The van der Waals surface area contributed by atoms with Crippen LogP contribution in [-0.2, 0) is 26.3 Å². The van der Waals surface area contributed by atoms with E-state index >= 15 is 0 Å². The smallest absolute Gasteiger partial charge is 0.276 e. The highest BCUT2D eigenvalue weighted by Crippen LogP contribution is 2.29. The van der Waals surface area contributed by atoms with Gasteiger partial charge < -0.3 is 10.2 Å². The molecule has 0 radical (unpaired) electrons. The number of carbonyl (C=O) groups is 2. The lowest BCUT2D eigenvalue weighted by Crippen LogP contribution is -2.40. The maximum Gasteiger partial charge on any atom is 0.276 e. The van der Waals surface area contributed by atoms with E-state index in [9.17, 15) is 18.0 Å². The number of benzene rings is 2.